The van der Waals surface area contributed by atoms with E-state index < -0.39 is 6.10 Å². The number of hydrogen-bond acceptors (Lipinski definition) is 2. The van der Waals surface area contributed by atoms with Crippen LogP contribution >= 0.6 is 11.6 Å². The molecule has 1 N–H and O–H groups in total. The van der Waals surface area contributed by atoms with Crippen LogP contribution in [0.15, 0.2) is 42.6 Å². The van der Waals surface area contributed by atoms with Crippen molar-refractivity contribution in [3.8, 4) is 0 Å². The van der Waals surface area contributed by atoms with E-state index in [1.807, 2.05) is 24.3 Å². The van der Waals surface area contributed by atoms with Gasteiger partial charge in [-0.1, -0.05) is 42.8 Å². The zero-order chi connectivity index (χ0) is 12.3. The van der Waals surface area contributed by atoms with Crippen LogP contribution in [0.1, 0.15) is 29.8 Å². The van der Waals surface area contributed by atoms with Gasteiger partial charge in [0.2, 0.25) is 0 Å². The van der Waals surface area contributed by atoms with Gasteiger partial charge < -0.3 is 5.11 Å². The molecule has 1 aromatic heterocycles. The first kappa shape index (κ1) is 12.1. The van der Waals surface area contributed by atoms with Gasteiger partial charge in [0.1, 0.15) is 6.10 Å². The number of rotatable bonds is 3. The highest BCUT2D eigenvalue weighted by molar-refractivity contribution is 6.30. The summed E-state index contributed by atoms with van der Waals surface area (Å²) >= 11 is 5.76. The van der Waals surface area contributed by atoms with Crippen LogP contribution in [0.25, 0.3) is 0 Å². The van der Waals surface area contributed by atoms with E-state index in [-0.39, 0.29) is 0 Å². The molecule has 17 heavy (non-hydrogen) atoms. The minimum atomic E-state index is -0.696. The summed E-state index contributed by atoms with van der Waals surface area (Å²) < 4.78 is 0. The Bertz CT molecular complexity index is 479. The van der Waals surface area contributed by atoms with Gasteiger partial charge in [-0.3, -0.25) is 4.98 Å². The van der Waals surface area contributed by atoms with Gasteiger partial charge >= 0.3 is 0 Å². The second kappa shape index (κ2) is 5.30. The second-order valence-electron chi connectivity index (χ2n) is 3.90. The number of aromatic nitrogens is 1. The summed E-state index contributed by atoms with van der Waals surface area (Å²) in [5, 5.41) is 10.7. The Morgan fingerprint density at radius 1 is 1.18 bits per heavy atom. The number of pyridine rings is 1. The van der Waals surface area contributed by atoms with E-state index in [1.165, 1.54) is 5.56 Å². The minimum Gasteiger partial charge on any atom is -0.382 e. The molecule has 0 bridgehead atoms. The van der Waals surface area contributed by atoms with Crippen molar-refractivity contribution in [2.45, 2.75) is 19.4 Å². The van der Waals surface area contributed by atoms with Crippen molar-refractivity contribution in [3.63, 3.8) is 0 Å². The molecule has 1 heterocycles. The third-order valence-electron chi connectivity index (χ3n) is 2.73. The molecular weight excluding hydrogens is 234 g/mol. The van der Waals surface area contributed by atoms with E-state index in [4.69, 9.17) is 11.6 Å². The van der Waals surface area contributed by atoms with E-state index in [2.05, 4.69) is 11.9 Å². The van der Waals surface area contributed by atoms with Gasteiger partial charge in [0, 0.05) is 6.20 Å². The van der Waals surface area contributed by atoms with E-state index in [0.29, 0.717) is 10.7 Å². The first-order chi connectivity index (χ1) is 8.20. The lowest BCUT2D eigenvalue weighted by Crippen LogP contribution is -2.02. The Morgan fingerprint density at radius 2 is 1.88 bits per heavy atom. The molecule has 0 aliphatic heterocycles. The second-order valence-corrected chi connectivity index (χ2v) is 4.34. The lowest BCUT2D eigenvalue weighted by atomic mass is 10.0. The summed E-state index contributed by atoms with van der Waals surface area (Å²) in [4.78, 5) is 4.12. The average molecular weight is 248 g/mol. The summed E-state index contributed by atoms with van der Waals surface area (Å²) in [6.07, 6.45) is 1.84. The van der Waals surface area contributed by atoms with Crippen molar-refractivity contribution in [2.24, 2.45) is 0 Å². The summed E-state index contributed by atoms with van der Waals surface area (Å²) in [5.41, 5.74) is 2.71. The average Bonchev–Trinajstić information content (AvgIpc) is 2.39. The summed E-state index contributed by atoms with van der Waals surface area (Å²) in [7, 11) is 0. The molecule has 0 fully saturated rings. The van der Waals surface area contributed by atoms with Crippen LogP contribution in [0.2, 0.25) is 5.02 Å². The van der Waals surface area contributed by atoms with Gasteiger partial charge in [0.05, 0.1) is 10.7 Å². The molecule has 2 rings (SSSR count). The van der Waals surface area contributed by atoms with Crippen LogP contribution in [-0.4, -0.2) is 10.1 Å². The van der Waals surface area contributed by atoms with Crippen molar-refractivity contribution >= 4 is 11.6 Å². The molecule has 88 valence electrons. The van der Waals surface area contributed by atoms with Gasteiger partial charge in [-0.25, -0.2) is 0 Å². The zero-order valence-corrected chi connectivity index (χ0v) is 10.4. The highest BCUT2D eigenvalue weighted by atomic mass is 35.5. The molecule has 0 aliphatic rings. The van der Waals surface area contributed by atoms with E-state index in [1.54, 1.807) is 18.3 Å². The number of hydrogen-bond donors (Lipinski definition) is 1. The number of aryl methyl sites for hydroxylation is 1. The van der Waals surface area contributed by atoms with Crippen LogP contribution in [0.3, 0.4) is 0 Å². The zero-order valence-electron chi connectivity index (χ0n) is 9.60. The minimum absolute atomic E-state index is 0.572. The molecule has 0 saturated heterocycles. The van der Waals surface area contributed by atoms with Crippen LogP contribution in [-0.2, 0) is 6.42 Å². The lowest BCUT2D eigenvalue weighted by Gasteiger charge is -2.10. The van der Waals surface area contributed by atoms with E-state index >= 15 is 0 Å². The summed E-state index contributed by atoms with van der Waals surface area (Å²) in [5.74, 6) is 0. The quantitative estimate of drug-likeness (QED) is 0.902. The molecule has 2 nitrogen and oxygen atoms in total. The van der Waals surface area contributed by atoms with Gasteiger partial charge in [-0.15, -0.1) is 0 Å². The highest BCUT2D eigenvalue weighted by Gasteiger charge is 2.11. The first-order valence-corrected chi connectivity index (χ1v) is 5.97. The van der Waals surface area contributed by atoms with Crippen molar-refractivity contribution in [3.05, 3.63) is 64.4 Å². The molecule has 0 spiro atoms. The van der Waals surface area contributed by atoms with Crippen molar-refractivity contribution in [1.29, 1.82) is 0 Å². The monoisotopic (exact) mass is 247 g/mol. The molecule has 0 amide bonds. The summed E-state index contributed by atoms with van der Waals surface area (Å²) in [6.45, 7) is 2.10. The Balaban J connectivity index is 2.23. The summed E-state index contributed by atoms with van der Waals surface area (Å²) in [6, 6.07) is 11.4. The van der Waals surface area contributed by atoms with Gasteiger partial charge in [0.15, 0.2) is 0 Å². The van der Waals surface area contributed by atoms with Crippen LogP contribution in [0.5, 0.6) is 0 Å². The normalized spacial score (nSPS) is 12.4. The molecule has 1 atom stereocenters. The van der Waals surface area contributed by atoms with Gasteiger partial charge in [0.25, 0.3) is 0 Å². The predicted octanol–water partition coefficient (Wildman–Crippen LogP) is 3.38. The maximum Gasteiger partial charge on any atom is 0.121 e. The van der Waals surface area contributed by atoms with E-state index in [9.17, 15) is 5.11 Å². The Labute approximate surface area is 106 Å². The maximum atomic E-state index is 10.1. The molecule has 2 aromatic rings. The fourth-order valence-corrected chi connectivity index (χ4v) is 1.77. The van der Waals surface area contributed by atoms with Crippen molar-refractivity contribution in [2.75, 3.05) is 0 Å². The predicted molar refractivity (Wildman–Crippen MR) is 69.1 cm³/mol. The SMILES string of the molecule is CCc1ccc(C(O)c2ccc(Cl)cn2)cc1. The molecule has 1 unspecified atom stereocenters. The van der Waals surface area contributed by atoms with Crippen molar-refractivity contribution in [1.82, 2.24) is 4.98 Å². The number of aliphatic hydroxyl groups excluding tert-OH is 1. The van der Waals surface area contributed by atoms with Crippen LogP contribution < -0.4 is 0 Å². The Morgan fingerprint density at radius 3 is 2.41 bits per heavy atom. The highest BCUT2D eigenvalue weighted by Crippen LogP contribution is 2.21. The number of aliphatic hydroxyl groups is 1. The molecular formula is C14H14ClNO. The number of halogens is 1. The Kier molecular flexibility index (Phi) is 3.77. The molecule has 0 saturated carbocycles. The third kappa shape index (κ3) is 2.84. The number of benzene rings is 1. The third-order valence-corrected chi connectivity index (χ3v) is 2.96. The molecule has 3 heteroatoms. The van der Waals surface area contributed by atoms with E-state index in [0.717, 1.165) is 12.0 Å². The molecule has 0 radical (unpaired) electrons. The number of nitrogens with zero attached hydrogens (tertiary/aromatic N) is 1. The van der Waals surface area contributed by atoms with Crippen molar-refractivity contribution < 1.29 is 5.11 Å². The fraction of sp³-hybridized carbons (Fsp3) is 0.214. The fourth-order valence-electron chi connectivity index (χ4n) is 1.66. The molecule has 1 aromatic carbocycles. The lowest BCUT2D eigenvalue weighted by molar-refractivity contribution is 0.215. The van der Waals surface area contributed by atoms with Crippen LogP contribution in [0, 0.1) is 0 Å². The standard InChI is InChI=1S/C14H14ClNO/c1-2-10-3-5-11(6-4-10)14(17)13-8-7-12(15)9-16-13/h3-9,14,17H,2H2,1H3. The maximum absolute atomic E-state index is 10.1. The van der Waals surface area contributed by atoms with Crippen LogP contribution in [0.4, 0.5) is 0 Å². The molecule has 0 aliphatic carbocycles. The van der Waals surface area contributed by atoms with Gasteiger partial charge in [-0.05, 0) is 29.7 Å². The smallest absolute Gasteiger partial charge is 0.121 e. The first-order valence-electron chi connectivity index (χ1n) is 5.59. The Hall–Kier alpha value is -1.38. The topological polar surface area (TPSA) is 33.1 Å². The van der Waals surface area contributed by atoms with Gasteiger partial charge in [-0.2, -0.15) is 0 Å². The largest absolute Gasteiger partial charge is 0.382 e.